The molecule has 5 heteroatoms. The zero-order chi connectivity index (χ0) is 17.3. The minimum absolute atomic E-state index is 0. The topological polar surface area (TPSA) is 30.3 Å². The molecule has 3 heterocycles. The molecule has 4 nitrogen and oxygen atoms in total. The second-order valence-corrected chi connectivity index (χ2v) is 6.85. The van der Waals surface area contributed by atoms with Crippen LogP contribution in [0.15, 0.2) is 67.0 Å². The van der Waals surface area contributed by atoms with Crippen LogP contribution in [0.2, 0.25) is 0 Å². The van der Waals surface area contributed by atoms with E-state index < -0.39 is 0 Å². The molecule has 2 aromatic heterocycles. The van der Waals surface area contributed by atoms with Gasteiger partial charge in [-0.15, -0.1) is 12.4 Å². The van der Waals surface area contributed by atoms with Gasteiger partial charge in [-0.05, 0) is 48.0 Å². The fraction of sp³-hybridized carbons (Fsp3) is 0.227. The SMILES string of the molecule is Cl.c1cnc2ccc(-n3ccc4cc(CN5CCOCC5)ccc43)cc2c1. The molecule has 1 saturated heterocycles. The number of aromatic nitrogens is 2. The van der Waals surface area contributed by atoms with Crippen molar-refractivity contribution in [2.24, 2.45) is 0 Å². The Morgan fingerprint density at radius 1 is 0.926 bits per heavy atom. The summed E-state index contributed by atoms with van der Waals surface area (Å²) in [7, 11) is 0. The van der Waals surface area contributed by atoms with Crippen molar-refractivity contribution in [2.75, 3.05) is 26.3 Å². The first-order valence-electron chi connectivity index (χ1n) is 9.12. The maximum atomic E-state index is 5.44. The van der Waals surface area contributed by atoms with Gasteiger partial charge in [-0.25, -0.2) is 0 Å². The van der Waals surface area contributed by atoms with Gasteiger partial charge in [0.1, 0.15) is 0 Å². The Bertz CT molecular complexity index is 1070. The van der Waals surface area contributed by atoms with Crippen LogP contribution < -0.4 is 0 Å². The van der Waals surface area contributed by atoms with E-state index in [1.165, 1.54) is 22.2 Å². The highest BCUT2D eigenvalue weighted by Gasteiger charge is 2.12. The van der Waals surface area contributed by atoms with Gasteiger partial charge in [0.2, 0.25) is 0 Å². The third-order valence-corrected chi connectivity index (χ3v) is 5.13. The van der Waals surface area contributed by atoms with Crippen LogP contribution in [0.4, 0.5) is 0 Å². The highest BCUT2D eigenvalue weighted by molar-refractivity contribution is 5.86. The Labute approximate surface area is 164 Å². The van der Waals surface area contributed by atoms with Crippen molar-refractivity contribution >= 4 is 34.2 Å². The number of nitrogens with zero attached hydrogens (tertiary/aromatic N) is 3. The van der Waals surface area contributed by atoms with Crippen molar-refractivity contribution in [2.45, 2.75) is 6.54 Å². The van der Waals surface area contributed by atoms with Gasteiger partial charge in [-0.1, -0.05) is 12.1 Å². The molecule has 0 saturated carbocycles. The van der Waals surface area contributed by atoms with E-state index in [9.17, 15) is 0 Å². The zero-order valence-electron chi connectivity index (χ0n) is 15.0. The fourth-order valence-corrected chi connectivity index (χ4v) is 3.75. The summed E-state index contributed by atoms with van der Waals surface area (Å²) < 4.78 is 7.69. The van der Waals surface area contributed by atoms with Gasteiger partial charge >= 0.3 is 0 Å². The van der Waals surface area contributed by atoms with Gasteiger partial charge in [0.15, 0.2) is 0 Å². The summed E-state index contributed by atoms with van der Waals surface area (Å²) in [6.45, 7) is 4.71. The molecule has 0 atom stereocenters. The van der Waals surface area contributed by atoms with Crippen molar-refractivity contribution in [3.8, 4) is 5.69 Å². The number of hydrogen-bond acceptors (Lipinski definition) is 3. The molecule has 27 heavy (non-hydrogen) atoms. The molecule has 1 aliphatic rings. The summed E-state index contributed by atoms with van der Waals surface area (Å²) >= 11 is 0. The van der Waals surface area contributed by atoms with Gasteiger partial charge in [-0.2, -0.15) is 0 Å². The fourth-order valence-electron chi connectivity index (χ4n) is 3.75. The first kappa shape index (κ1) is 18.0. The summed E-state index contributed by atoms with van der Waals surface area (Å²) in [6, 6.07) is 19.5. The molecule has 1 aliphatic heterocycles. The lowest BCUT2D eigenvalue weighted by molar-refractivity contribution is 0.0342. The molecule has 1 fully saturated rings. The second-order valence-electron chi connectivity index (χ2n) is 6.85. The molecule has 0 aliphatic carbocycles. The van der Waals surface area contributed by atoms with Gasteiger partial charge < -0.3 is 9.30 Å². The van der Waals surface area contributed by atoms with Crippen LogP contribution in [0, 0.1) is 0 Å². The minimum Gasteiger partial charge on any atom is -0.379 e. The molecular weight excluding hydrogens is 358 g/mol. The number of halogens is 1. The van der Waals surface area contributed by atoms with Gasteiger partial charge in [-0.3, -0.25) is 9.88 Å². The molecule has 2 aromatic carbocycles. The average Bonchev–Trinajstić information content (AvgIpc) is 3.12. The van der Waals surface area contributed by atoms with E-state index in [4.69, 9.17) is 4.74 Å². The Balaban J connectivity index is 0.00000180. The summed E-state index contributed by atoms with van der Waals surface area (Å²) in [5.41, 5.74) is 4.79. The minimum atomic E-state index is 0. The lowest BCUT2D eigenvalue weighted by Crippen LogP contribution is -2.35. The van der Waals surface area contributed by atoms with Gasteiger partial charge in [0.25, 0.3) is 0 Å². The van der Waals surface area contributed by atoms with Crippen LogP contribution in [0.1, 0.15) is 5.56 Å². The quantitative estimate of drug-likeness (QED) is 0.527. The Kier molecular flexibility index (Phi) is 5.12. The summed E-state index contributed by atoms with van der Waals surface area (Å²) in [5, 5.41) is 2.44. The molecule has 0 bridgehead atoms. The number of ether oxygens (including phenoxy) is 1. The van der Waals surface area contributed by atoms with Gasteiger partial charge in [0, 0.05) is 48.5 Å². The molecule has 0 amide bonds. The Morgan fingerprint density at radius 2 is 1.81 bits per heavy atom. The lowest BCUT2D eigenvalue weighted by atomic mass is 10.1. The number of fused-ring (bicyclic) bond motifs is 2. The maximum absolute atomic E-state index is 5.44. The zero-order valence-corrected chi connectivity index (χ0v) is 15.9. The van der Waals surface area contributed by atoms with Crippen LogP contribution >= 0.6 is 12.4 Å². The van der Waals surface area contributed by atoms with Crippen molar-refractivity contribution in [3.63, 3.8) is 0 Å². The number of morpholine rings is 1. The van der Waals surface area contributed by atoms with Crippen LogP contribution in [0.25, 0.3) is 27.5 Å². The Hall–Kier alpha value is -2.40. The maximum Gasteiger partial charge on any atom is 0.0703 e. The van der Waals surface area contributed by atoms with E-state index in [0.29, 0.717) is 0 Å². The first-order valence-corrected chi connectivity index (χ1v) is 9.12. The highest BCUT2D eigenvalue weighted by Crippen LogP contribution is 2.24. The van der Waals surface area contributed by atoms with Crippen LogP contribution in [0.3, 0.4) is 0 Å². The molecule has 4 aromatic rings. The summed E-state index contributed by atoms with van der Waals surface area (Å²) in [4.78, 5) is 6.87. The van der Waals surface area contributed by atoms with E-state index in [0.717, 1.165) is 43.8 Å². The molecule has 138 valence electrons. The van der Waals surface area contributed by atoms with E-state index in [1.54, 1.807) is 0 Å². The molecule has 5 rings (SSSR count). The highest BCUT2D eigenvalue weighted by atomic mass is 35.5. The van der Waals surface area contributed by atoms with Crippen LogP contribution in [-0.4, -0.2) is 40.8 Å². The number of benzene rings is 2. The molecular formula is C22H22ClN3O. The standard InChI is InChI=1S/C22H21N3O.ClH/c1-2-18-15-20(4-5-21(18)23-8-1)25-9-7-19-14-17(3-6-22(19)25)16-24-10-12-26-13-11-24;/h1-9,14-15H,10-13,16H2;1H. The first-order chi connectivity index (χ1) is 12.9. The van der Waals surface area contributed by atoms with E-state index in [2.05, 4.69) is 69.2 Å². The molecule has 0 spiro atoms. The second kappa shape index (κ2) is 7.69. The summed E-state index contributed by atoms with van der Waals surface area (Å²) in [5.74, 6) is 0. The van der Waals surface area contributed by atoms with Crippen molar-refractivity contribution in [3.05, 3.63) is 72.6 Å². The largest absolute Gasteiger partial charge is 0.379 e. The number of rotatable bonds is 3. The van der Waals surface area contributed by atoms with Crippen LogP contribution in [-0.2, 0) is 11.3 Å². The Morgan fingerprint density at radius 3 is 2.70 bits per heavy atom. The average molecular weight is 380 g/mol. The van der Waals surface area contributed by atoms with Gasteiger partial charge in [0.05, 0.1) is 24.2 Å². The van der Waals surface area contributed by atoms with Crippen molar-refractivity contribution in [1.29, 1.82) is 0 Å². The molecule has 0 radical (unpaired) electrons. The summed E-state index contributed by atoms with van der Waals surface area (Å²) in [6.07, 6.45) is 3.99. The predicted molar refractivity (Wildman–Crippen MR) is 112 cm³/mol. The molecule has 0 N–H and O–H groups in total. The normalized spacial score (nSPS) is 15.1. The third-order valence-electron chi connectivity index (χ3n) is 5.13. The van der Waals surface area contributed by atoms with Crippen molar-refractivity contribution in [1.82, 2.24) is 14.5 Å². The van der Waals surface area contributed by atoms with Crippen molar-refractivity contribution < 1.29 is 4.74 Å². The van der Waals surface area contributed by atoms with E-state index >= 15 is 0 Å². The lowest BCUT2D eigenvalue weighted by Gasteiger charge is -2.26. The molecule has 0 unspecified atom stereocenters. The van der Waals surface area contributed by atoms with E-state index in [1.807, 2.05) is 12.3 Å². The van der Waals surface area contributed by atoms with Crippen LogP contribution in [0.5, 0.6) is 0 Å². The van der Waals surface area contributed by atoms with E-state index in [-0.39, 0.29) is 12.4 Å². The number of hydrogen-bond donors (Lipinski definition) is 0. The monoisotopic (exact) mass is 379 g/mol. The smallest absolute Gasteiger partial charge is 0.0703 e. The third kappa shape index (κ3) is 3.56. The number of pyridine rings is 1. The predicted octanol–water partition coefficient (Wildman–Crippen LogP) is 4.43.